The van der Waals surface area contributed by atoms with E-state index in [0.29, 0.717) is 6.42 Å². The van der Waals surface area contributed by atoms with E-state index in [1.165, 1.54) is 12.5 Å². The van der Waals surface area contributed by atoms with Crippen molar-refractivity contribution in [3.05, 3.63) is 47.5 Å². The largest absolute Gasteiger partial charge is 0.464 e. The van der Waals surface area contributed by atoms with Gasteiger partial charge in [0.1, 0.15) is 6.61 Å². The molecule has 0 aliphatic rings. The van der Waals surface area contributed by atoms with E-state index in [2.05, 4.69) is 17.2 Å². The Balaban J connectivity index is 2.64. The van der Waals surface area contributed by atoms with E-state index in [0.717, 1.165) is 11.1 Å². The molecule has 22 heavy (non-hydrogen) atoms. The number of amides is 2. The lowest BCUT2D eigenvalue weighted by Crippen LogP contribution is -2.39. The average molecular weight is 304 g/mol. The number of aryl methyl sites for hydroxylation is 1. The first-order valence-corrected chi connectivity index (χ1v) is 7.30. The van der Waals surface area contributed by atoms with Crippen molar-refractivity contribution in [1.82, 2.24) is 10.6 Å². The molecule has 0 heterocycles. The lowest BCUT2D eigenvalue weighted by atomic mass is 9.95. The number of ether oxygens (including phenoxy) is 1. The summed E-state index contributed by atoms with van der Waals surface area (Å²) in [5.74, 6) is -0.359. The molecule has 0 spiro atoms. The molecule has 0 bridgehead atoms. The quantitative estimate of drug-likeness (QED) is 0.462. The number of carbonyl (C=O) groups is 2. The lowest BCUT2D eigenvalue weighted by molar-refractivity contribution is -0.140. The van der Waals surface area contributed by atoms with Gasteiger partial charge in [0.25, 0.3) is 0 Å². The molecule has 0 aromatic heterocycles. The molecule has 5 heteroatoms. The van der Waals surface area contributed by atoms with E-state index in [-0.39, 0.29) is 31.2 Å². The van der Waals surface area contributed by atoms with Crippen molar-refractivity contribution in [1.29, 1.82) is 0 Å². The number of carbonyl (C=O) groups excluding carboxylic acids is 2. The average Bonchev–Trinajstić information content (AvgIpc) is 2.46. The van der Waals surface area contributed by atoms with Gasteiger partial charge in [-0.05, 0) is 37.0 Å². The molecule has 0 aliphatic carbocycles. The van der Waals surface area contributed by atoms with Gasteiger partial charge >= 0.3 is 12.0 Å². The minimum atomic E-state index is -0.359. The van der Waals surface area contributed by atoms with Crippen LogP contribution in [-0.4, -0.2) is 25.2 Å². The molecule has 1 aromatic carbocycles. The van der Waals surface area contributed by atoms with E-state index >= 15 is 0 Å². The third kappa shape index (κ3) is 5.60. The number of hydrogen-bond donors (Lipinski definition) is 2. The molecule has 2 amide bonds. The summed E-state index contributed by atoms with van der Waals surface area (Å²) in [7, 11) is 0. The Morgan fingerprint density at radius 1 is 1.36 bits per heavy atom. The normalized spacial score (nSPS) is 11.4. The Kier molecular flexibility index (Phi) is 7.16. The second-order valence-electron chi connectivity index (χ2n) is 5.11. The van der Waals surface area contributed by atoms with Crippen LogP contribution in [-0.2, 0) is 9.53 Å². The summed E-state index contributed by atoms with van der Waals surface area (Å²) in [5.41, 5.74) is 3.42. The lowest BCUT2D eigenvalue weighted by Gasteiger charge is -2.21. The fourth-order valence-electron chi connectivity index (χ4n) is 2.15. The first-order chi connectivity index (χ1) is 10.5. The smallest absolute Gasteiger partial charge is 0.315 e. The van der Waals surface area contributed by atoms with Crippen molar-refractivity contribution in [3.8, 4) is 0 Å². The Morgan fingerprint density at radius 3 is 2.73 bits per heavy atom. The van der Waals surface area contributed by atoms with Gasteiger partial charge in [0.15, 0.2) is 0 Å². The summed E-state index contributed by atoms with van der Waals surface area (Å²) in [5, 5.41) is 5.60. The van der Waals surface area contributed by atoms with Gasteiger partial charge in [-0.25, -0.2) is 4.79 Å². The highest BCUT2D eigenvalue weighted by atomic mass is 16.5. The zero-order chi connectivity index (χ0) is 16.5. The van der Waals surface area contributed by atoms with E-state index in [1.54, 1.807) is 6.08 Å². The predicted octanol–water partition coefficient (Wildman–Crippen LogP) is 2.78. The van der Waals surface area contributed by atoms with E-state index in [1.807, 2.05) is 32.0 Å². The van der Waals surface area contributed by atoms with E-state index < -0.39 is 0 Å². The summed E-state index contributed by atoms with van der Waals surface area (Å²) in [4.78, 5) is 22.6. The Morgan fingerprint density at radius 2 is 2.09 bits per heavy atom. The van der Waals surface area contributed by atoms with Crippen LogP contribution in [0.25, 0.3) is 0 Å². The van der Waals surface area contributed by atoms with Crippen LogP contribution in [0.2, 0.25) is 0 Å². The summed E-state index contributed by atoms with van der Waals surface area (Å²) in [6, 6.07) is 5.61. The highest BCUT2D eigenvalue weighted by Gasteiger charge is 2.15. The fourth-order valence-corrected chi connectivity index (χ4v) is 2.15. The molecule has 0 fully saturated rings. The van der Waals surface area contributed by atoms with Gasteiger partial charge in [0.2, 0.25) is 0 Å². The third-order valence-corrected chi connectivity index (χ3v) is 3.42. The maximum absolute atomic E-state index is 11.9. The predicted molar refractivity (Wildman–Crippen MR) is 86.6 cm³/mol. The van der Waals surface area contributed by atoms with Crippen LogP contribution in [0.4, 0.5) is 4.79 Å². The number of rotatable bonds is 7. The van der Waals surface area contributed by atoms with Crippen LogP contribution in [0.3, 0.4) is 0 Å². The first-order valence-electron chi connectivity index (χ1n) is 7.30. The molecular weight excluding hydrogens is 280 g/mol. The van der Waals surface area contributed by atoms with Crippen molar-refractivity contribution in [3.63, 3.8) is 0 Å². The van der Waals surface area contributed by atoms with Gasteiger partial charge in [0, 0.05) is 6.92 Å². The SMILES string of the molecule is C=CCC(NC(=O)NCCOC(C)=O)c1cccc(C)c1C. The molecule has 5 nitrogen and oxygen atoms in total. The third-order valence-electron chi connectivity index (χ3n) is 3.42. The maximum Gasteiger partial charge on any atom is 0.315 e. The number of esters is 1. The molecule has 0 aliphatic heterocycles. The maximum atomic E-state index is 11.9. The molecule has 120 valence electrons. The summed E-state index contributed by atoms with van der Waals surface area (Å²) in [6.07, 6.45) is 2.42. The Hall–Kier alpha value is -2.30. The molecule has 0 saturated carbocycles. The number of hydrogen-bond acceptors (Lipinski definition) is 3. The monoisotopic (exact) mass is 304 g/mol. The van der Waals surface area contributed by atoms with Crippen LogP contribution in [0.1, 0.15) is 36.1 Å². The number of benzene rings is 1. The van der Waals surface area contributed by atoms with Gasteiger partial charge in [-0.2, -0.15) is 0 Å². The van der Waals surface area contributed by atoms with Gasteiger partial charge in [0.05, 0.1) is 12.6 Å². The van der Waals surface area contributed by atoms with E-state index in [4.69, 9.17) is 4.74 Å². The van der Waals surface area contributed by atoms with Crippen LogP contribution in [0.5, 0.6) is 0 Å². The summed E-state index contributed by atoms with van der Waals surface area (Å²) >= 11 is 0. The standard InChI is InChI=1S/C17H24N2O3/c1-5-7-16(15-9-6-8-12(2)13(15)3)19-17(21)18-10-11-22-14(4)20/h5-6,8-9,16H,1,7,10-11H2,2-4H3,(H2,18,19,21). The van der Waals surface area contributed by atoms with Crippen LogP contribution >= 0.6 is 0 Å². The van der Waals surface area contributed by atoms with Crippen molar-refractivity contribution in [2.75, 3.05) is 13.2 Å². The second kappa shape index (κ2) is 8.87. The van der Waals surface area contributed by atoms with Crippen LogP contribution in [0, 0.1) is 13.8 Å². The van der Waals surface area contributed by atoms with Crippen molar-refractivity contribution >= 4 is 12.0 Å². The van der Waals surface area contributed by atoms with Crippen molar-refractivity contribution < 1.29 is 14.3 Å². The summed E-state index contributed by atoms with van der Waals surface area (Å²) in [6.45, 7) is 9.61. The number of urea groups is 1. The minimum Gasteiger partial charge on any atom is -0.464 e. The molecule has 1 aromatic rings. The Labute approximate surface area is 131 Å². The van der Waals surface area contributed by atoms with Crippen LogP contribution < -0.4 is 10.6 Å². The number of nitrogens with one attached hydrogen (secondary N) is 2. The fraction of sp³-hybridized carbons (Fsp3) is 0.412. The molecular formula is C17H24N2O3. The second-order valence-corrected chi connectivity index (χ2v) is 5.11. The minimum absolute atomic E-state index is 0.133. The van der Waals surface area contributed by atoms with E-state index in [9.17, 15) is 9.59 Å². The highest BCUT2D eigenvalue weighted by molar-refractivity contribution is 5.74. The van der Waals surface area contributed by atoms with Gasteiger partial charge in [-0.15, -0.1) is 6.58 Å². The van der Waals surface area contributed by atoms with Gasteiger partial charge in [-0.3, -0.25) is 4.79 Å². The molecule has 1 rings (SSSR count). The van der Waals surface area contributed by atoms with Crippen molar-refractivity contribution in [2.24, 2.45) is 0 Å². The molecule has 1 atom stereocenters. The first kappa shape index (κ1) is 17.8. The topological polar surface area (TPSA) is 67.4 Å². The Bertz CT molecular complexity index is 541. The molecule has 1 unspecified atom stereocenters. The highest BCUT2D eigenvalue weighted by Crippen LogP contribution is 2.23. The zero-order valence-electron chi connectivity index (χ0n) is 13.4. The molecule has 0 radical (unpaired) electrons. The van der Waals surface area contributed by atoms with Gasteiger partial charge < -0.3 is 15.4 Å². The van der Waals surface area contributed by atoms with Gasteiger partial charge in [-0.1, -0.05) is 24.3 Å². The molecule has 2 N–H and O–H groups in total. The van der Waals surface area contributed by atoms with Crippen molar-refractivity contribution in [2.45, 2.75) is 33.2 Å². The molecule has 0 saturated heterocycles. The summed E-state index contributed by atoms with van der Waals surface area (Å²) < 4.78 is 4.77. The zero-order valence-corrected chi connectivity index (χ0v) is 13.4. The van der Waals surface area contributed by atoms with Crippen LogP contribution in [0.15, 0.2) is 30.9 Å².